The minimum absolute atomic E-state index is 0.123. The first kappa shape index (κ1) is 18.3. The van der Waals surface area contributed by atoms with Crippen LogP contribution >= 0.6 is 0 Å². The zero-order valence-corrected chi connectivity index (χ0v) is 15.9. The summed E-state index contributed by atoms with van der Waals surface area (Å²) in [6.07, 6.45) is 9.51. The Hall–Kier alpha value is -1.49. The minimum atomic E-state index is -0.573. The number of rotatable bonds is 7. The van der Waals surface area contributed by atoms with Gasteiger partial charge in [0.1, 0.15) is 11.5 Å². The SMILES string of the molecule is CCC1C(OC)=CC2(C=C1OC)CCN(CCCN1CCCC1)C2=O. The van der Waals surface area contributed by atoms with Crippen molar-refractivity contribution in [2.45, 2.75) is 39.0 Å². The van der Waals surface area contributed by atoms with E-state index in [2.05, 4.69) is 11.8 Å². The standard InChI is InChI=1S/C20H32N2O3/c1-4-16-17(24-2)14-20(15-18(16)25-3)8-13-22(19(20)23)12-7-11-21-9-5-6-10-21/h14-16H,4-13H2,1-3H3. The molecule has 140 valence electrons. The van der Waals surface area contributed by atoms with Gasteiger partial charge in [-0.2, -0.15) is 0 Å². The smallest absolute Gasteiger partial charge is 0.236 e. The van der Waals surface area contributed by atoms with Gasteiger partial charge in [-0.15, -0.1) is 0 Å². The van der Waals surface area contributed by atoms with Gasteiger partial charge in [-0.1, -0.05) is 6.92 Å². The third-order valence-corrected chi connectivity index (χ3v) is 5.95. The van der Waals surface area contributed by atoms with Gasteiger partial charge < -0.3 is 19.3 Å². The van der Waals surface area contributed by atoms with Crippen LogP contribution in [0.15, 0.2) is 23.7 Å². The average molecular weight is 348 g/mol. The summed E-state index contributed by atoms with van der Waals surface area (Å²) in [5.74, 6) is 2.06. The van der Waals surface area contributed by atoms with Crippen LogP contribution in [0.25, 0.3) is 0 Å². The summed E-state index contributed by atoms with van der Waals surface area (Å²) in [5.41, 5.74) is -0.573. The van der Waals surface area contributed by atoms with E-state index in [9.17, 15) is 4.79 Å². The highest BCUT2D eigenvalue weighted by Gasteiger charge is 2.47. The summed E-state index contributed by atoms with van der Waals surface area (Å²) in [4.78, 5) is 17.7. The summed E-state index contributed by atoms with van der Waals surface area (Å²) < 4.78 is 11.2. The van der Waals surface area contributed by atoms with Gasteiger partial charge in [0.15, 0.2) is 0 Å². The lowest BCUT2D eigenvalue weighted by molar-refractivity contribution is -0.132. The second-order valence-electron chi connectivity index (χ2n) is 7.45. The number of hydrogen-bond donors (Lipinski definition) is 0. The maximum Gasteiger partial charge on any atom is 0.236 e. The van der Waals surface area contributed by atoms with Gasteiger partial charge in [-0.3, -0.25) is 4.79 Å². The van der Waals surface area contributed by atoms with Crippen molar-refractivity contribution in [2.24, 2.45) is 11.3 Å². The molecule has 1 spiro atoms. The lowest BCUT2D eigenvalue weighted by Crippen LogP contribution is -2.36. The van der Waals surface area contributed by atoms with Crippen LogP contribution in [0.3, 0.4) is 0 Å². The van der Waals surface area contributed by atoms with Crippen LogP contribution in [0, 0.1) is 11.3 Å². The Labute approximate surface area is 151 Å². The zero-order chi connectivity index (χ0) is 17.9. The predicted octanol–water partition coefficient (Wildman–Crippen LogP) is 2.79. The molecule has 5 heteroatoms. The van der Waals surface area contributed by atoms with Crippen molar-refractivity contribution in [3.8, 4) is 0 Å². The second-order valence-corrected chi connectivity index (χ2v) is 7.45. The molecule has 0 aromatic rings. The Kier molecular flexibility index (Phi) is 5.72. The fourth-order valence-corrected chi connectivity index (χ4v) is 4.49. The van der Waals surface area contributed by atoms with E-state index >= 15 is 0 Å². The van der Waals surface area contributed by atoms with Gasteiger partial charge in [0, 0.05) is 13.1 Å². The Bertz CT molecular complexity index is 527. The Balaban J connectivity index is 1.67. The van der Waals surface area contributed by atoms with Crippen LogP contribution in [0.2, 0.25) is 0 Å². The van der Waals surface area contributed by atoms with Crippen LogP contribution in [-0.4, -0.2) is 62.7 Å². The van der Waals surface area contributed by atoms with Gasteiger partial charge in [0.25, 0.3) is 0 Å². The highest BCUT2D eigenvalue weighted by molar-refractivity contribution is 5.89. The molecule has 3 aliphatic rings. The molecule has 1 amide bonds. The Morgan fingerprint density at radius 1 is 1.08 bits per heavy atom. The highest BCUT2D eigenvalue weighted by atomic mass is 16.5. The quantitative estimate of drug-likeness (QED) is 0.709. The number of nitrogens with zero attached hydrogens (tertiary/aromatic N) is 2. The average Bonchev–Trinajstić information content (AvgIpc) is 3.25. The van der Waals surface area contributed by atoms with Crippen molar-refractivity contribution >= 4 is 5.91 Å². The molecule has 0 radical (unpaired) electrons. The van der Waals surface area contributed by atoms with Gasteiger partial charge in [0.2, 0.25) is 5.91 Å². The predicted molar refractivity (Wildman–Crippen MR) is 97.9 cm³/mol. The third kappa shape index (κ3) is 3.57. The van der Waals surface area contributed by atoms with Crippen LogP contribution < -0.4 is 0 Å². The van der Waals surface area contributed by atoms with Gasteiger partial charge in [0.05, 0.1) is 25.6 Å². The van der Waals surface area contributed by atoms with Crippen molar-refractivity contribution < 1.29 is 14.3 Å². The molecular formula is C20H32N2O3. The number of ether oxygens (including phenoxy) is 2. The van der Waals surface area contributed by atoms with E-state index in [1.165, 1.54) is 25.9 Å². The Morgan fingerprint density at radius 3 is 2.28 bits per heavy atom. The number of amides is 1. The summed E-state index contributed by atoms with van der Waals surface area (Å²) >= 11 is 0. The van der Waals surface area contributed by atoms with E-state index in [1.54, 1.807) is 14.2 Å². The number of likely N-dealkylation sites (tertiary alicyclic amines) is 2. The van der Waals surface area contributed by atoms with Crippen molar-refractivity contribution in [2.75, 3.05) is 46.9 Å². The fraction of sp³-hybridized carbons (Fsp3) is 0.750. The fourth-order valence-electron chi connectivity index (χ4n) is 4.49. The molecule has 2 heterocycles. The molecule has 3 rings (SSSR count). The monoisotopic (exact) mass is 348 g/mol. The molecule has 0 saturated carbocycles. The molecule has 5 nitrogen and oxygen atoms in total. The van der Waals surface area contributed by atoms with Crippen molar-refractivity contribution in [1.29, 1.82) is 0 Å². The van der Waals surface area contributed by atoms with Crippen molar-refractivity contribution in [3.63, 3.8) is 0 Å². The van der Waals surface area contributed by atoms with Crippen LogP contribution in [0.4, 0.5) is 0 Å². The van der Waals surface area contributed by atoms with Gasteiger partial charge >= 0.3 is 0 Å². The normalized spacial score (nSPS) is 30.0. The maximum atomic E-state index is 13.1. The molecule has 2 fully saturated rings. The van der Waals surface area contributed by atoms with E-state index in [0.717, 1.165) is 50.4 Å². The number of methoxy groups -OCH3 is 2. The lowest BCUT2D eigenvalue weighted by atomic mass is 9.77. The molecule has 2 aliphatic heterocycles. The molecule has 0 bridgehead atoms. The van der Waals surface area contributed by atoms with E-state index in [0.29, 0.717) is 0 Å². The first-order valence-electron chi connectivity index (χ1n) is 9.68. The molecule has 25 heavy (non-hydrogen) atoms. The number of carbonyl (C=O) groups is 1. The van der Waals surface area contributed by atoms with Gasteiger partial charge in [-0.05, 0) is 63.9 Å². The molecule has 0 aromatic heterocycles. The molecule has 0 N–H and O–H groups in total. The summed E-state index contributed by atoms with van der Waals surface area (Å²) in [6, 6.07) is 0. The molecule has 2 saturated heterocycles. The molecule has 0 aromatic carbocycles. The first-order chi connectivity index (χ1) is 12.1. The minimum Gasteiger partial charge on any atom is -0.501 e. The number of carbonyl (C=O) groups excluding carboxylic acids is 1. The number of hydrogen-bond acceptors (Lipinski definition) is 4. The molecule has 0 atom stereocenters. The Morgan fingerprint density at radius 2 is 1.72 bits per heavy atom. The largest absolute Gasteiger partial charge is 0.501 e. The third-order valence-electron chi connectivity index (χ3n) is 5.95. The van der Waals surface area contributed by atoms with Gasteiger partial charge in [-0.25, -0.2) is 0 Å². The first-order valence-corrected chi connectivity index (χ1v) is 9.68. The topological polar surface area (TPSA) is 42.0 Å². The van der Waals surface area contributed by atoms with E-state index in [-0.39, 0.29) is 11.8 Å². The van der Waals surface area contributed by atoms with Crippen molar-refractivity contribution in [1.82, 2.24) is 9.80 Å². The summed E-state index contributed by atoms with van der Waals surface area (Å²) in [6.45, 7) is 7.32. The van der Waals surface area contributed by atoms with Crippen molar-refractivity contribution in [3.05, 3.63) is 23.7 Å². The molecular weight excluding hydrogens is 316 g/mol. The lowest BCUT2D eigenvalue weighted by Gasteiger charge is -2.32. The van der Waals surface area contributed by atoms with E-state index < -0.39 is 5.41 Å². The zero-order valence-electron chi connectivity index (χ0n) is 15.9. The maximum absolute atomic E-state index is 13.1. The summed E-state index contributed by atoms with van der Waals surface area (Å²) in [5, 5.41) is 0. The van der Waals surface area contributed by atoms with Crippen LogP contribution in [0.1, 0.15) is 39.0 Å². The van der Waals surface area contributed by atoms with Crippen LogP contribution in [-0.2, 0) is 14.3 Å². The second kappa shape index (κ2) is 7.81. The van der Waals surface area contributed by atoms with E-state index in [1.807, 2.05) is 17.1 Å². The van der Waals surface area contributed by atoms with Crippen LogP contribution in [0.5, 0.6) is 0 Å². The summed E-state index contributed by atoms with van der Waals surface area (Å²) in [7, 11) is 3.38. The molecule has 1 aliphatic carbocycles. The molecule has 0 unspecified atom stereocenters. The van der Waals surface area contributed by atoms with E-state index in [4.69, 9.17) is 9.47 Å². The highest BCUT2D eigenvalue weighted by Crippen LogP contribution is 2.44.